The molecule has 0 fully saturated rings. The molecule has 0 bridgehead atoms. The summed E-state index contributed by atoms with van der Waals surface area (Å²) in [6.45, 7) is 3.99. The van der Waals surface area contributed by atoms with E-state index in [1.54, 1.807) is 7.05 Å². The Morgan fingerprint density at radius 2 is 2.20 bits per heavy atom. The fourth-order valence-electron chi connectivity index (χ4n) is 0.421. The zero-order valence-electron chi connectivity index (χ0n) is 6.56. The van der Waals surface area contributed by atoms with Gasteiger partial charge < -0.3 is 5.73 Å². The minimum Gasteiger partial charge on any atom is -0.401 e. The van der Waals surface area contributed by atoms with Crippen molar-refractivity contribution < 1.29 is 0 Å². The first-order chi connectivity index (χ1) is 4.57. The molecule has 0 aromatic carbocycles. The molecule has 0 aromatic heterocycles. The van der Waals surface area contributed by atoms with Crippen LogP contribution < -0.4 is 5.73 Å². The molecule has 2 nitrogen and oxygen atoms in total. The highest BCUT2D eigenvalue weighted by Crippen LogP contribution is 2.05. The van der Waals surface area contributed by atoms with Gasteiger partial charge in [-0.2, -0.15) is 0 Å². The van der Waals surface area contributed by atoms with E-state index in [2.05, 4.69) is 34.5 Å². The van der Waals surface area contributed by atoms with E-state index in [4.69, 9.17) is 5.73 Å². The summed E-state index contributed by atoms with van der Waals surface area (Å²) < 4.78 is 0.384. The molecule has 0 saturated heterocycles. The van der Waals surface area contributed by atoms with Crippen LogP contribution in [0.15, 0.2) is 16.8 Å². The summed E-state index contributed by atoms with van der Waals surface area (Å²) in [5.41, 5.74) is 7.52. The minimum atomic E-state index is 0.384. The van der Waals surface area contributed by atoms with E-state index in [9.17, 15) is 0 Å². The van der Waals surface area contributed by atoms with Crippen molar-refractivity contribution in [1.82, 2.24) is 0 Å². The zero-order chi connectivity index (χ0) is 8.15. The van der Waals surface area contributed by atoms with Crippen LogP contribution in [0, 0.1) is 0 Å². The maximum atomic E-state index is 5.67. The lowest BCUT2D eigenvalue weighted by molar-refractivity contribution is 1.13. The molecule has 0 heterocycles. The number of halogens is 1. The zero-order valence-corrected chi connectivity index (χ0v) is 8.71. The first kappa shape index (κ1) is 9.94. The SMILES string of the molecule is CN=C(C)/C=C(\N)C(C)I. The number of aliphatic imine (C=N–C) groups is 1. The highest BCUT2D eigenvalue weighted by molar-refractivity contribution is 14.1. The van der Waals surface area contributed by atoms with Crippen LogP contribution in [0.2, 0.25) is 0 Å². The Bertz CT molecular complexity index is 159. The molecule has 0 aromatic rings. The van der Waals surface area contributed by atoms with Gasteiger partial charge in [-0.1, -0.05) is 22.6 Å². The summed E-state index contributed by atoms with van der Waals surface area (Å²) in [6.07, 6.45) is 1.90. The van der Waals surface area contributed by atoms with E-state index >= 15 is 0 Å². The van der Waals surface area contributed by atoms with Crippen molar-refractivity contribution in [2.45, 2.75) is 17.8 Å². The van der Waals surface area contributed by atoms with Crippen molar-refractivity contribution in [2.24, 2.45) is 10.7 Å². The van der Waals surface area contributed by atoms with Gasteiger partial charge in [-0.15, -0.1) is 0 Å². The Labute approximate surface area is 75.7 Å². The molecule has 0 aliphatic carbocycles. The number of allylic oxidation sites excluding steroid dienone is 2. The second-order valence-electron chi connectivity index (χ2n) is 2.13. The normalized spacial score (nSPS) is 17.2. The van der Waals surface area contributed by atoms with Crippen LogP contribution in [0.4, 0.5) is 0 Å². The lowest BCUT2D eigenvalue weighted by Crippen LogP contribution is -2.08. The average Bonchev–Trinajstić information content (AvgIpc) is 1.87. The fourth-order valence-corrected chi connectivity index (χ4v) is 0.600. The number of rotatable bonds is 2. The molecular formula is C7H13IN2. The van der Waals surface area contributed by atoms with E-state index in [1.165, 1.54) is 0 Å². The van der Waals surface area contributed by atoms with Gasteiger partial charge in [-0.05, 0) is 19.9 Å². The molecule has 58 valence electrons. The third-order valence-corrected chi connectivity index (χ3v) is 1.91. The second-order valence-corrected chi connectivity index (χ2v) is 3.99. The number of hydrogen-bond acceptors (Lipinski definition) is 2. The Morgan fingerprint density at radius 3 is 2.50 bits per heavy atom. The van der Waals surface area contributed by atoms with Crippen LogP contribution in [-0.4, -0.2) is 16.7 Å². The summed E-state index contributed by atoms with van der Waals surface area (Å²) >= 11 is 2.27. The van der Waals surface area contributed by atoms with Crippen LogP contribution in [0.1, 0.15) is 13.8 Å². The van der Waals surface area contributed by atoms with Crippen molar-refractivity contribution in [3.05, 3.63) is 11.8 Å². The maximum absolute atomic E-state index is 5.67. The molecular weight excluding hydrogens is 239 g/mol. The molecule has 10 heavy (non-hydrogen) atoms. The quantitative estimate of drug-likeness (QED) is 0.453. The van der Waals surface area contributed by atoms with Gasteiger partial charge in [0.15, 0.2) is 0 Å². The van der Waals surface area contributed by atoms with Gasteiger partial charge in [0, 0.05) is 22.4 Å². The van der Waals surface area contributed by atoms with Crippen LogP contribution in [0.25, 0.3) is 0 Å². The van der Waals surface area contributed by atoms with Crippen molar-refractivity contribution in [2.75, 3.05) is 7.05 Å². The summed E-state index contributed by atoms with van der Waals surface area (Å²) in [5.74, 6) is 0. The number of nitrogens with two attached hydrogens (primary N) is 1. The molecule has 1 atom stereocenters. The Kier molecular flexibility index (Phi) is 4.68. The van der Waals surface area contributed by atoms with Gasteiger partial charge in [0.2, 0.25) is 0 Å². The molecule has 2 N–H and O–H groups in total. The lowest BCUT2D eigenvalue weighted by Gasteiger charge is -2.01. The monoisotopic (exact) mass is 252 g/mol. The average molecular weight is 252 g/mol. The predicted molar refractivity (Wildman–Crippen MR) is 54.8 cm³/mol. The van der Waals surface area contributed by atoms with E-state index in [0.29, 0.717) is 3.92 Å². The van der Waals surface area contributed by atoms with Gasteiger partial charge in [0.05, 0.1) is 0 Å². The van der Waals surface area contributed by atoms with E-state index in [0.717, 1.165) is 11.4 Å². The van der Waals surface area contributed by atoms with Gasteiger partial charge in [-0.25, -0.2) is 0 Å². The molecule has 0 radical (unpaired) electrons. The fraction of sp³-hybridized carbons (Fsp3) is 0.571. The van der Waals surface area contributed by atoms with Crippen molar-refractivity contribution in [3.8, 4) is 0 Å². The van der Waals surface area contributed by atoms with Crippen molar-refractivity contribution >= 4 is 28.3 Å². The first-order valence-corrected chi connectivity index (χ1v) is 4.37. The van der Waals surface area contributed by atoms with Gasteiger partial charge >= 0.3 is 0 Å². The van der Waals surface area contributed by atoms with Gasteiger partial charge in [0.1, 0.15) is 0 Å². The number of hydrogen-bond donors (Lipinski definition) is 1. The molecule has 1 unspecified atom stereocenters. The van der Waals surface area contributed by atoms with Crippen LogP contribution >= 0.6 is 22.6 Å². The van der Waals surface area contributed by atoms with Gasteiger partial charge in [-0.3, -0.25) is 4.99 Å². The Morgan fingerprint density at radius 1 is 1.70 bits per heavy atom. The van der Waals surface area contributed by atoms with Crippen LogP contribution in [0.5, 0.6) is 0 Å². The van der Waals surface area contributed by atoms with Crippen molar-refractivity contribution in [1.29, 1.82) is 0 Å². The highest BCUT2D eigenvalue weighted by Gasteiger charge is 1.97. The third kappa shape index (κ3) is 3.87. The lowest BCUT2D eigenvalue weighted by atomic mass is 10.3. The topological polar surface area (TPSA) is 38.4 Å². The molecule has 3 heteroatoms. The highest BCUT2D eigenvalue weighted by atomic mass is 127. The molecule has 0 spiro atoms. The molecule has 0 amide bonds. The third-order valence-electron chi connectivity index (χ3n) is 1.19. The Hall–Kier alpha value is -0.0600. The van der Waals surface area contributed by atoms with Crippen LogP contribution in [0.3, 0.4) is 0 Å². The van der Waals surface area contributed by atoms with Crippen LogP contribution in [-0.2, 0) is 0 Å². The largest absolute Gasteiger partial charge is 0.401 e. The standard InChI is InChI=1S/C7H13IN2/c1-5(10-3)4-7(9)6(2)8/h4,6H,9H2,1-3H3/b7-4-,10-5?. The molecule has 0 aliphatic heterocycles. The summed E-state index contributed by atoms with van der Waals surface area (Å²) in [4.78, 5) is 3.97. The van der Waals surface area contributed by atoms with Gasteiger partial charge in [0.25, 0.3) is 0 Å². The molecule has 0 aliphatic rings. The molecule has 0 rings (SSSR count). The predicted octanol–water partition coefficient (Wildman–Crippen LogP) is 1.74. The smallest absolute Gasteiger partial charge is 0.0477 e. The van der Waals surface area contributed by atoms with Crippen molar-refractivity contribution in [3.63, 3.8) is 0 Å². The Balaban J connectivity index is 4.17. The molecule has 0 saturated carbocycles. The second kappa shape index (κ2) is 4.71. The minimum absolute atomic E-state index is 0.384. The maximum Gasteiger partial charge on any atom is 0.0477 e. The van der Waals surface area contributed by atoms with E-state index in [-0.39, 0.29) is 0 Å². The van der Waals surface area contributed by atoms with E-state index in [1.807, 2.05) is 13.0 Å². The summed E-state index contributed by atoms with van der Waals surface area (Å²) in [6, 6.07) is 0. The number of nitrogens with zero attached hydrogens (tertiary/aromatic N) is 1. The van der Waals surface area contributed by atoms with E-state index < -0.39 is 0 Å². The summed E-state index contributed by atoms with van der Waals surface area (Å²) in [5, 5.41) is 0. The number of alkyl halides is 1. The summed E-state index contributed by atoms with van der Waals surface area (Å²) in [7, 11) is 1.76. The first-order valence-electron chi connectivity index (χ1n) is 3.12.